The van der Waals surface area contributed by atoms with Gasteiger partial charge in [-0.25, -0.2) is 0 Å². The molecule has 3 aromatic rings. The summed E-state index contributed by atoms with van der Waals surface area (Å²) in [6, 6.07) is 18.3. The van der Waals surface area contributed by atoms with Crippen molar-refractivity contribution in [1.82, 2.24) is 0 Å². The quantitative estimate of drug-likeness (QED) is 0.611. The molecular weight excluding hydrogens is 314 g/mol. The lowest BCUT2D eigenvalue weighted by molar-refractivity contribution is -0.111. The van der Waals surface area contributed by atoms with Gasteiger partial charge in [-0.2, -0.15) is 0 Å². The molecule has 120 valence electrons. The van der Waals surface area contributed by atoms with E-state index in [1.54, 1.807) is 17.4 Å². The molecule has 0 aliphatic carbocycles. The summed E-state index contributed by atoms with van der Waals surface area (Å²) in [5.41, 5.74) is 5.39. The highest BCUT2D eigenvalue weighted by Crippen LogP contribution is 2.26. The predicted molar refractivity (Wildman–Crippen MR) is 103 cm³/mol. The van der Waals surface area contributed by atoms with Crippen LogP contribution in [0.4, 0.5) is 5.69 Å². The Morgan fingerprint density at radius 1 is 0.958 bits per heavy atom. The van der Waals surface area contributed by atoms with Crippen molar-refractivity contribution < 1.29 is 4.79 Å². The van der Waals surface area contributed by atoms with Gasteiger partial charge in [0.15, 0.2) is 0 Å². The Bertz CT molecular complexity index is 858. The van der Waals surface area contributed by atoms with Crippen molar-refractivity contribution in [2.75, 3.05) is 5.32 Å². The van der Waals surface area contributed by atoms with E-state index in [1.165, 1.54) is 11.1 Å². The number of aryl methyl sites for hydroxylation is 2. The molecule has 1 aromatic heterocycles. The van der Waals surface area contributed by atoms with Gasteiger partial charge in [-0.1, -0.05) is 48.5 Å². The second-order valence-electron chi connectivity index (χ2n) is 5.69. The number of nitrogens with one attached hydrogen (secondary N) is 1. The Kier molecular flexibility index (Phi) is 4.92. The molecule has 1 amide bonds. The van der Waals surface area contributed by atoms with E-state index in [-0.39, 0.29) is 5.91 Å². The van der Waals surface area contributed by atoms with Crippen molar-refractivity contribution in [3.05, 3.63) is 82.1 Å². The van der Waals surface area contributed by atoms with E-state index in [9.17, 15) is 4.79 Å². The summed E-state index contributed by atoms with van der Waals surface area (Å²) >= 11 is 1.63. The summed E-state index contributed by atoms with van der Waals surface area (Å²) in [5.74, 6) is -0.109. The van der Waals surface area contributed by atoms with Gasteiger partial charge in [-0.05, 0) is 53.6 Å². The van der Waals surface area contributed by atoms with Gasteiger partial charge in [0.2, 0.25) is 5.91 Å². The van der Waals surface area contributed by atoms with E-state index in [4.69, 9.17) is 0 Å². The van der Waals surface area contributed by atoms with Gasteiger partial charge in [0.05, 0.1) is 0 Å². The third-order valence-corrected chi connectivity index (χ3v) is 4.75. The van der Waals surface area contributed by atoms with Crippen molar-refractivity contribution in [2.24, 2.45) is 0 Å². The molecule has 0 fully saturated rings. The molecular formula is C21H19NOS. The predicted octanol–water partition coefficient (Wildman–Crippen LogP) is 5.68. The van der Waals surface area contributed by atoms with Gasteiger partial charge in [0.25, 0.3) is 0 Å². The van der Waals surface area contributed by atoms with Gasteiger partial charge in [-0.15, -0.1) is 11.3 Å². The van der Waals surface area contributed by atoms with Gasteiger partial charge in [0.1, 0.15) is 0 Å². The summed E-state index contributed by atoms with van der Waals surface area (Å²) in [6.07, 6.45) is 3.45. The van der Waals surface area contributed by atoms with Crippen molar-refractivity contribution in [3.8, 4) is 11.1 Å². The highest BCUT2D eigenvalue weighted by atomic mass is 32.1. The van der Waals surface area contributed by atoms with Crippen LogP contribution in [0.3, 0.4) is 0 Å². The highest BCUT2D eigenvalue weighted by Gasteiger charge is 2.05. The molecule has 3 heteroatoms. The molecule has 0 aliphatic heterocycles. The highest BCUT2D eigenvalue weighted by molar-refractivity contribution is 7.11. The molecule has 0 radical (unpaired) electrons. The number of thiophene rings is 1. The van der Waals surface area contributed by atoms with E-state index < -0.39 is 0 Å². The Labute approximate surface area is 146 Å². The number of hydrogen-bond donors (Lipinski definition) is 1. The average Bonchev–Trinajstić information content (AvgIpc) is 3.06. The smallest absolute Gasteiger partial charge is 0.248 e. The van der Waals surface area contributed by atoms with Crippen LogP contribution in [0.2, 0.25) is 0 Å². The van der Waals surface area contributed by atoms with Crippen LogP contribution in [-0.4, -0.2) is 5.91 Å². The number of anilines is 1. The van der Waals surface area contributed by atoms with Crippen molar-refractivity contribution in [2.45, 2.75) is 13.8 Å². The molecule has 0 aliphatic rings. The fraction of sp³-hybridized carbons (Fsp3) is 0.0952. The maximum atomic E-state index is 12.2. The van der Waals surface area contributed by atoms with E-state index >= 15 is 0 Å². The largest absolute Gasteiger partial charge is 0.322 e. The van der Waals surface area contributed by atoms with Gasteiger partial charge < -0.3 is 5.32 Å². The van der Waals surface area contributed by atoms with Crippen molar-refractivity contribution in [1.29, 1.82) is 0 Å². The van der Waals surface area contributed by atoms with Gasteiger partial charge >= 0.3 is 0 Å². The Morgan fingerprint density at radius 3 is 2.38 bits per heavy atom. The number of carbonyl (C=O) groups is 1. The molecule has 0 saturated heterocycles. The van der Waals surface area contributed by atoms with E-state index in [1.807, 2.05) is 56.3 Å². The summed E-state index contributed by atoms with van der Waals surface area (Å²) in [6.45, 7) is 4.00. The summed E-state index contributed by atoms with van der Waals surface area (Å²) in [7, 11) is 0. The lowest BCUT2D eigenvalue weighted by Gasteiger charge is -2.09. The topological polar surface area (TPSA) is 29.1 Å². The normalized spacial score (nSPS) is 10.9. The molecule has 24 heavy (non-hydrogen) atoms. The standard InChI is InChI=1S/C21H19NOS/c1-15-7-6-8-16(2)21(15)22-20(23)12-11-19-13-18(14-24-19)17-9-4-3-5-10-17/h3-14H,1-2H3,(H,22,23)/b12-11+. The zero-order chi connectivity index (χ0) is 16.9. The summed E-state index contributed by atoms with van der Waals surface area (Å²) in [4.78, 5) is 13.2. The van der Waals surface area contributed by atoms with Crippen LogP contribution in [0.5, 0.6) is 0 Å². The molecule has 0 spiro atoms. The van der Waals surface area contributed by atoms with E-state index in [2.05, 4.69) is 28.9 Å². The Morgan fingerprint density at radius 2 is 1.67 bits per heavy atom. The first kappa shape index (κ1) is 16.2. The summed E-state index contributed by atoms with van der Waals surface area (Å²) in [5, 5.41) is 5.08. The third kappa shape index (κ3) is 3.81. The second kappa shape index (κ2) is 7.28. The van der Waals surface area contributed by atoms with Crippen LogP contribution in [0.25, 0.3) is 17.2 Å². The van der Waals surface area contributed by atoms with Crippen LogP contribution < -0.4 is 5.32 Å². The molecule has 2 aromatic carbocycles. The van der Waals surface area contributed by atoms with Crippen LogP contribution in [-0.2, 0) is 4.79 Å². The first-order valence-corrected chi connectivity index (χ1v) is 8.71. The number of para-hydroxylation sites is 1. The lowest BCUT2D eigenvalue weighted by Crippen LogP contribution is -2.10. The molecule has 1 heterocycles. The molecule has 0 atom stereocenters. The molecule has 1 N–H and O–H groups in total. The van der Waals surface area contributed by atoms with Crippen LogP contribution in [0.1, 0.15) is 16.0 Å². The van der Waals surface area contributed by atoms with Crippen LogP contribution >= 0.6 is 11.3 Å². The molecule has 2 nitrogen and oxygen atoms in total. The summed E-state index contributed by atoms with van der Waals surface area (Å²) < 4.78 is 0. The fourth-order valence-electron chi connectivity index (χ4n) is 2.56. The lowest BCUT2D eigenvalue weighted by atomic mass is 10.1. The number of hydrogen-bond acceptors (Lipinski definition) is 2. The molecule has 0 bridgehead atoms. The van der Waals surface area contributed by atoms with E-state index in [0.29, 0.717) is 0 Å². The molecule has 3 rings (SSSR count). The zero-order valence-electron chi connectivity index (χ0n) is 13.7. The van der Waals surface area contributed by atoms with Crippen molar-refractivity contribution >= 4 is 29.0 Å². The number of amides is 1. The fourth-order valence-corrected chi connectivity index (χ4v) is 3.37. The monoisotopic (exact) mass is 333 g/mol. The first-order valence-electron chi connectivity index (χ1n) is 7.83. The van der Waals surface area contributed by atoms with Gasteiger partial charge in [-0.3, -0.25) is 4.79 Å². The number of benzene rings is 2. The molecule has 0 saturated carbocycles. The Balaban J connectivity index is 1.70. The third-order valence-electron chi connectivity index (χ3n) is 3.86. The SMILES string of the molecule is Cc1cccc(C)c1NC(=O)/C=C/c1cc(-c2ccccc2)cs1. The molecule has 0 unspecified atom stereocenters. The zero-order valence-corrected chi connectivity index (χ0v) is 14.6. The minimum atomic E-state index is -0.109. The van der Waals surface area contributed by atoms with Crippen molar-refractivity contribution in [3.63, 3.8) is 0 Å². The van der Waals surface area contributed by atoms with E-state index in [0.717, 1.165) is 21.7 Å². The average molecular weight is 333 g/mol. The van der Waals surface area contributed by atoms with Crippen LogP contribution in [0.15, 0.2) is 66.1 Å². The first-order chi connectivity index (χ1) is 11.6. The Hall–Kier alpha value is -2.65. The number of carbonyl (C=O) groups excluding carboxylic acids is 1. The van der Waals surface area contributed by atoms with Gasteiger partial charge in [0, 0.05) is 16.6 Å². The minimum absolute atomic E-state index is 0.109. The second-order valence-corrected chi connectivity index (χ2v) is 6.64. The van der Waals surface area contributed by atoms with Crippen LogP contribution in [0, 0.1) is 13.8 Å². The maximum Gasteiger partial charge on any atom is 0.248 e. The number of rotatable bonds is 4. The maximum absolute atomic E-state index is 12.2. The minimum Gasteiger partial charge on any atom is -0.322 e.